The summed E-state index contributed by atoms with van der Waals surface area (Å²) in [5, 5.41) is 0. The molecule has 4 nitrogen and oxygen atoms in total. The highest BCUT2D eigenvalue weighted by molar-refractivity contribution is 7.89. The Hall–Kier alpha value is -0.130. The van der Waals surface area contributed by atoms with Crippen molar-refractivity contribution < 1.29 is 8.42 Å². The second-order valence-corrected chi connectivity index (χ2v) is 7.57. The van der Waals surface area contributed by atoms with E-state index in [9.17, 15) is 8.42 Å². The highest BCUT2D eigenvalue weighted by atomic mass is 32.2. The number of hydrogen-bond donors (Lipinski definition) is 1. The Kier molecular flexibility index (Phi) is 5.41. The first kappa shape index (κ1) is 14.9. The van der Waals surface area contributed by atoms with Crippen LogP contribution in [0.1, 0.15) is 46.5 Å². The second-order valence-electron chi connectivity index (χ2n) is 5.53. The van der Waals surface area contributed by atoms with E-state index >= 15 is 0 Å². The first-order valence-electron chi connectivity index (χ1n) is 6.59. The zero-order valence-corrected chi connectivity index (χ0v) is 12.0. The van der Waals surface area contributed by atoms with E-state index in [0.29, 0.717) is 12.5 Å². The molecule has 0 saturated carbocycles. The summed E-state index contributed by atoms with van der Waals surface area (Å²) < 4.78 is 26.2. The average Bonchev–Trinajstić information content (AvgIpc) is 2.26. The summed E-state index contributed by atoms with van der Waals surface area (Å²) in [4.78, 5) is 0. The van der Waals surface area contributed by atoms with Crippen molar-refractivity contribution in [3.63, 3.8) is 0 Å². The predicted molar refractivity (Wildman–Crippen MR) is 71.2 cm³/mol. The van der Waals surface area contributed by atoms with Crippen molar-refractivity contribution in [1.29, 1.82) is 0 Å². The smallest absolute Gasteiger partial charge is 0.214 e. The van der Waals surface area contributed by atoms with E-state index in [4.69, 9.17) is 5.73 Å². The monoisotopic (exact) mass is 262 g/mol. The zero-order chi connectivity index (χ0) is 13.1. The molecule has 0 spiro atoms. The normalized spacial score (nSPS) is 25.1. The van der Waals surface area contributed by atoms with Crippen molar-refractivity contribution in [3.05, 3.63) is 0 Å². The largest absolute Gasteiger partial charge is 0.326 e. The van der Waals surface area contributed by atoms with Gasteiger partial charge in [-0.3, -0.25) is 0 Å². The van der Waals surface area contributed by atoms with Crippen molar-refractivity contribution in [1.82, 2.24) is 4.31 Å². The summed E-state index contributed by atoms with van der Waals surface area (Å²) in [6, 6.07) is -0.0787. The topological polar surface area (TPSA) is 63.4 Å². The third kappa shape index (κ3) is 4.23. The summed E-state index contributed by atoms with van der Waals surface area (Å²) >= 11 is 0. The fraction of sp³-hybridized carbons (Fsp3) is 1.00. The van der Waals surface area contributed by atoms with Gasteiger partial charge in [-0.15, -0.1) is 0 Å². The van der Waals surface area contributed by atoms with E-state index in [2.05, 4.69) is 13.8 Å². The van der Waals surface area contributed by atoms with Gasteiger partial charge in [-0.25, -0.2) is 8.42 Å². The van der Waals surface area contributed by atoms with Crippen LogP contribution >= 0.6 is 0 Å². The number of nitrogens with zero attached hydrogens (tertiary/aromatic N) is 1. The Morgan fingerprint density at radius 1 is 1.29 bits per heavy atom. The lowest BCUT2D eigenvalue weighted by Crippen LogP contribution is -2.52. The zero-order valence-electron chi connectivity index (χ0n) is 11.2. The number of piperidine rings is 1. The molecule has 1 aliphatic heterocycles. The van der Waals surface area contributed by atoms with E-state index < -0.39 is 10.0 Å². The lowest BCUT2D eigenvalue weighted by molar-refractivity contribution is 0.227. The van der Waals surface area contributed by atoms with Crippen LogP contribution in [0.4, 0.5) is 0 Å². The van der Waals surface area contributed by atoms with Crippen LogP contribution in [-0.4, -0.2) is 37.1 Å². The number of sulfonamides is 1. The van der Waals surface area contributed by atoms with Gasteiger partial charge in [0.25, 0.3) is 0 Å². The highest BCUT2D eigenvalue weighted by Gasteiger charge is 2.33. The number of hydrogen-bond acceptors (Lipinski definition) is 3. The lowest BCUT2D eigenvalue weighted by Gasteiger charge is -2.37. The van der Waals surface area contributed by atoms with Crippen LogP contribution in [0.2, 0.25) is 0 Å². The Morgan fingerprint density at radius 2 is 1.94 bits per heavy atom. The molecule has 102 valence electrons. The molecule has 0 bridgehead atoms. The van der Waals surface area contributed by atoms with Crippen LogP contribution in [0.5, 0.6) is 0 Å². The van der Waals surface area contributed by atoms with Gasteiger partial charge in [0.15, 0.2) is 0 Å². The SMILES string of the molecule is CC(C)CCS(=O)(=O)N1CCCCC1C(C)N. The molecule has 0 aromatic heterocycles. The fourth-order valence-electron chi connectivity index (χ4n) is 2.30. The number of nitrogens with two attached hydrogens (primary N) is 1. The highest BCUT2D eigenvalue weighted by Crippen LogP contribution is 2.23. The Balaban J connectivity index is 2.73. The molecule has 1 saturated heterocycles. The van der Waals surface area contributed by atoms with Gasteiger partial charge in [-0.1, -0.05) is 20.3 Å². The van der Waals surface area contributed by atoms with Crippen LogP contribution in [-0.2, 0) is 10.0 Å². The lowest BCUT2D eigenvalue weighted by atomic mass is 10.00. The van der Waals surface area contributed by atoms with Crippen molar-refractivity contribution >= 4 is 10.0 Å². The third-order valence-corrected chi connectivity index (χ3v) is 5.34. The maximum Gasteiger partial charge on any atom is 0.214 e. The van der Waals surface area contributed by atoms with E-state index in [1.807, 2.05) is 6.92 Å². The molecule has 2 unspecified atom stereocenters. The van der Waals surface area contributed by atoms with Gasteiger partial charge < -0.3 is 5.73 Å². The molecular formula is C12H26N2O2S. The van der Waals surface area contributed by atoms with Crippen molar-refractivity contribution in [2.24, 2.45) is 11.7 Å². The molecule has 2 N–H and O–H groups in total. The summed E-state index contributed by atoms with van der Waals surface area (Å²) in [6.45, 7) is 6.65. The minimum Gasteiger partial charge on any atom is -0.326 e. The Labute approximate surface area is 106 Å². The molecule has 1 aliphatic rings. The molecule has 0 radical (unpaired) electrons. The second kappa shape index (κ2) is 6.16. The maximum atomic E-state index is 12.3. The molecule has 1 fully saturated rings. The number of rotatable bonds is 5. The third-order valence-electron chi connectivity index (χ3n) is 3.42. The van der Waals surface area contributed by atoms with Crippen LogP contribution in [0, 0.1) is 5.92 Å². The molecule has 1 rings (SSSR count). The average molecular weight is 262 g/mol. The molecule has 1 heterocycles. The minimum absolute atomic E-state index is 0.000845. The van der Waals surface area contributed by atoms with Crippen LogP contribution in [0.25, 0.3) is 0 Å². The molecule has 0 aromatic rings. The van der Waals surface area contributed by atoms with Gasteiger partial charge in [-0.05, 0) is 32.1 Å². The van der Waals surface area contributed by atoms with Gasteiger partial charge in [0.05, 0.1) is 5.75 Å². The summed E-state index contributed by atoms with van der Waals surface area (Å²) in [5.41, 5.74) is 5.90. The maximum absolute atomic E-state index is 12.3. The molecule has 0 aromatic carbocycles. The summed E-state index contributed by atoms with van der Waals surface area (Å²) in [7, 11) is -3.12. The van der Waals surface area contributed by atoms with Crippen LogP contribution in [0.15, 0.2) is 0 Å². The van der Waals surface area contributed by atoms with Gasteiger partial charge in [0.1, 0.15) is 0 Å². The quantitative estimate of drug-likeness (QED) is 0.818. The summed E-state index contributed by atoms with van der Waals surface area (Å²) in [6.07, 6.45) is 3.68. The fourth-order valence-corrected chi connectivity index (χ4v) is 4.42. The predicted octanol–water partition coefficient (Wildman–Crippen LogP) is 1.56. The van der Waals surface area contributed by atoms with Crippen molar-refractivity contribution in [3.8, 4) is 0 Å². The molecule has 0 amide bonds. The summed E-state index contributed by atoms with van der Waals surface area (Å²) in [5.74, 6) is 0.678. The molecular weight excluding hydrogens is 236 g/mol. The van der Waals surface area contributed by atoms with Gasteiger partial charge in [0, 0.05) is 18.6 Å². The molecule has 5 heteroatoms. The molecule has 17 heavy (non-hydrogen) atoms. The molecule has 2 atom stereocenters. The van der Waals surface area contributed by atoms with E-state index in [0.717, 1.165) is 25.7 Å². The molecule has 0 aliphatic carbocycles. The van der Waals surface area contributed by atoms with Gasteiger partial charge >= 0.3 is 0 Å². The minimum atomic E-state index is -3.12. The van der Waals surface area contributed by atoms with Crippen LogP contribution < -0.4 is 5.73 Å². The van der Waals surface area contributed by atoms with Gasteiger partial charge in [-0.2, -0.15) is 4.31 Å². The standard InChI is InChI=1S/C12H26N2O2S/c1-10(2)7-9-17(15,16)14-8-5-4-6-12(14)11(3)13/h10-12H,4-9,13H2,1-3H3. The van der Waals surface area contributed by atoms with Crippen molar-refractivity contribution in [2.45, 2.75) is 58.5 Å². The van der Waals surface area contributed by atoms with Crippen molar-refractivity contribution in [2.75, 3.05) is 12.3 Å². The Morgan fingerprint density at radius 3 is 2.47 bits per heavy atom. The van der Waals surface area contributed by atoms with E-state index in [1.165, 1.54) is 0 Å². The first-order chi connectivity index (χ1) is 7.84. The van der Waals surface area contributed by atoms with E-state index in [1.54, 1.807) is 4.31 Å². The first-order valence-corrected chi connectivity index (χ1v) is 8.20. The van der Waals surface area contributed by atoms with Crippen LogP contribution in [0.3, 0.4) is 0 Å². The Bertz CT molecular complexity index is 325. The van der Waals surface area contributed by atoms with E-state index in [-0.39, 0.29) is 17.8 Å². The van der Waals surface area contributed by atoms with Gasteiger partial charge in [0.2, 0.25) is 10.0 Å².